The Bertz CT molecular complexity index is 387. The summed E-state index contributed by atoms with van der Waals surface area (Å²) in [6, 6.07) is 4.09. The van der Waals surface area contributed by atoms with Crippen molar-refractivity contribution in [1.29, 1.82) is 0 Å². The van der Waals surface area contributed by atoms with Crippen LogP contribution in [0, 0.1) is 11.6 Å². The minimum atomic E-state index is -0.528. The molecular weight excluding hydrogens is 258 g/mol. The number of benzene rings is 1. The fraction of sp³-hybridized carbons (Fsp3) is 0.538. The number of nitrogens with two attached hydrogens (primary N) is 1. The lowest BCUT2D eigenvalue weighted by atomic mass is 10.0. The van der Waals surface area contributed by atoms with Gasteiger partial charge < -0.3 is 5.73 Å². The Morgan fingerprint density at radius 3 is 2.72 bits per heavy atom. The molecule has 1 atom stereocenters. The molecule has 1 heterocycles. The number of hydrogen-bond donors (Lipinski definition) is 1. The number of halogens is 3. The number of rotatable bonds is 3. The molecule has 0 amide bonds. The Hall–Kier alpha value is -0.710. The van der Waals surface area contributed by atoms with E-state index in [1.165, 1.54) is 18.6 Å². The lowest BCUT2D eigenvalue weighted by molar-refractivity contribution is 0.143. The summed E-state index contributed by atoms with van der Waals surface area (Å²) in [4.78, 5) is 2.19. The first-order valence-electron chi connectivity index (χ1n) is 6.08. The number of hydrogen-bond acceptors (Lipinski definition) is 2. The first-order valence-corrected chi connectivity index (χ1v) is 6.08. The van der Waals surface area contributed by atoms with Gasteiger partial charge in [-0.05, 0) is 25.5 Å². The lowest BCUT2D eigenvalue weighted by Crippen LogP contribution is -2.43. The standard InChI is InChI=1S/C13H18F2N2.ClH/c14-11-5-4-10(13(15)7-11)9-17-6-2-1-3-12(17)8-16;/h4-5,7,12H,1-3,6,8-9,16H2;1H. The summed E-state index contributed by atoms with van der Waals surface area (Å²) in [7, 11) is 0. The van der Waals surface area contributed by atoms with E-state index >= 15 is 0 Å². The van der Waals surface area contributed by atoms with E-state index in [0.717, 1.165) is 25.5 Å². The zero-order valence-corrected chi connectivity index (χ0v) is 11.1. The van der Waals surface area contributed by atoms with Crippen molar-refractivity contribution in [2.75, 3.05) is 13.1 Å². The van der Waals surface area contributed by atoms with Gasteiger partial charge in [-0.3, -0.25) is 4.90 Å². The molecule has 1 aromatic rings. The van der Waals surface area contributed by atoms with Crippen molar-refractivity contribution in [3.05, 3.63) is 35.4 Å². The van der Waals surface area contributed by atoms with Gasteiger partial charge in [0.2, 0.25) is 0 Å². The molecule has 18 heavy (non-hydrogen) atoms. The second-order valence-corrected chi connectivity index (χ2v) is 4.59. The molecule has 1 saturated heterocycles. The summed E-state index contributed by atoms with van der Waals surface area (Å²) in [6.45, 7) is 2.06. The average Bonchev–Trinajstić information content (AvgIpc) is 2.33. The zero-order chi connectivity index (χ0) is 12.3. The van der Waals surface area contributed by atoms with Gasteiger partial charge >= 0.3 is 0 Å². The molecule has 1 aliphatic heterocycles. The molecule has 2 nitrogen and oxygen atoms in total. The molecule has 2 rings (SSSR count). The Kier molecular flexibility index (Phi) is 5.99. The molecular formula is C13H19ClF2N2. The van der Waals surface area contributed by atoms with Gasteiger partial charge in [-0.15, -0.1) is 12.4 Å². The van der Waals surface area contributed by atoms with Crippen LogP contribution in [0.5, 0.6) is 0 Å². The van der Waals surface area contributed by atoms with Crippen LogP contribution in [0.25, 0.3) is 0 Å². The molecule has 0 bridgehead atoms. The van der Waals surface area contributed by atoms with Crippen molar-refractivity contribution in [3.63, 3.8) is 0 Å². The highest BCUT2D eigenvalue weighted by Crippen LogP contribution is 2.20. The molecule has 1 aliphatic rings. The minimum absolute atomic E-state index is 0. The first kappa shape index (κ1) is 15.3. The largest absolute Gasteiger partial charge is 0.329 e. The molecule has 0 spiro atoms. The summed E-state index contributed by atoms with van der Waals surface area (Å²) in [5.74, 6) is -0.994. The molecule has 2 N–H and O–H groups in total. The molecule has 0 saturated carbocycles. The Morgan fingerprint density at radius 1 is 1.28 bits per heavy atom. The van der Waals surface area contributed by atoms with E-state index in [1.807, 2.05) is 0 Å². The third-order valence-corrected chi connectivity index (χ3v) is 3.41. The van der Waals surface area contributed by atoms with E-state index in [-0.39, 0.29) is 12.4 Å². The van der Waals surface area contributed by atoms with E-state index in [4.69, 9.17) is 5.73 Å². The molecule has 1 aromatic carbocycles. The third kappa shape index (κ3) is 3.64. The summed E-state index contributed by atoms with van der Waals surface area (Å²) in [5.41, 5.74) is 6.26. The van der Waals surface area contributed by atoms with E-state index in [0.29, 0.717) is 24.7 Å². The third-order valence-electron chi connectivity index (χ3n) is 3.41. The van der Waals surface area contributed by atoms with Gasteiger partial charge in [0.05, 0.1) is 0 Å². The number of likely N-dealkylation sites (tertiary alicyclic amines) is 1. The summed E-state index contributed by atoms with van der Waals surface area (Å²) >= 11 is 0. The maximum absolute atomic E-state index is 13.5. The molecule has 5 heteroatoms. The minimum Gasteiger partial charge on any atom is -0.329 e. The fourth-order valence-electron chi connectivity index (χ4n) is 2.40. The normalized spacial score (nSPS) is 20.5. The highest BCUT2D eigenvalue weighted by molar-refractivity contribution is 5.85. The molecule has 102 valence electrons. The van der Waals surface area contributed by atoms with E-state index < -0.39 is 11.6 Å². The quantitative estimate of drug-likeness (QED) is 0.920. The van der Waals surface area contributed by atoms with Gasteiger partial charge in [-0.2, -0.15) is 0 Å². The average molecular weight is 277 g/mol. The fourth-order valence-corrected chi connectivity index (χ4v) is 2.40. The Balaban J connectivity index is 0.00000162. The van der Waals surface area contributed by atoms with E-state index in [2.05, 4.69) is 4.90 Å². The smallest absolute Gasteiger partial charge is 0.130 e. The highest BCUT2D eigenvalue weighted by atomic mass is 35.5. The van der Waals surface area contributed by atoms with Gasteiger partial charge in [0.1, 0.15) is 11.6 Å². The predicted molar refractivity (Wildman–Crippen MR) is 70.7 cm³/mol. The van der Waals surface area contributed by atoms with Crippen LogP contribution in [0.2, 0.25) is 0 Å². The summed E-state index contributed by atoms with van der Waals surface area (Å²) < 4.78 is 26.3. The van der Waals surface area contributed by atoms with Crippen LogP contribution in [0.4, 0.5) is 8.78 Å². The highest BCUT2D eigenvalue weighted by Gasteiger charge is 2.21. The van der Waals surface area contributed by atoms with Crippen molar-refractivity contribution in [2.24, 2.45) is 5.73 Å². The molecule has 0 aromatic heterocycles. The molecule has 0 radical (unpaired) electrons. The predicted octanol–water partition coefficient (Wildman–Crippen LogP) is 2.70. The Labute approximate surface area is 113 Å². The molecule has 1 fully saturated rings. The van der Waals surface area contributed by atoms with Gasteiger partial charge in [0.25, 0.3) is 0 Å². The second kappa shape index (κ2) is 7.02. The van der Waals surface area contributed by atoms with Crippen molar-refractivity contribution < 1.29 is 8.78 Å². The van der Waals surface area contributed by atoms with Crippen molar-refractivity contribution in [2.45, 2.75) is 31.8 Å². The van der Waals surface area contributed by atoms with Gasteiger partial charge in [0.15, 0.2) is 0 Å². The molecule has 1 unspecified atom stereocenters. The van der Waals surface area contributed by atoms with Crippen molar-refractivity contribution in [3.8, 4) is 0 Å². The van der Waals surface area contributed by atoms with E-state index in [1.54, 1.807) is 0 Å². The maximum atomic E-state index is 13.5. The van der Waals surface area contributed by atoms with Crippen LogP contribution in [-0.2, 0) is 6.54 Å². The Morgan fingerprint density at radius 2 is 2.06 bits per heavy atom. The molecule has 0 aliphatic carbocycles. The van der Waals surface area contributed by atoms with Gasteiger partial charge in [0, 0.05) is 30.8 Å². The zero-order valence-electron chi connectivity index (χ0n) is 10.2. The number of piperidine rings is 1. The van der Waals surface area contributed by atoms with Gasteiger partial charge in [-0.25, -0.2) is 8.78 Å². The topological polar surface area (TPSA) is 29.3 Å². The van der Waals surface area contributed by atoms with Crippen molar-refractivity contribution in [1.82, 2.24) is 4.90 Å². The number of nitrogens with zero attached hydrogens (tertiary/aromatic N) is 1. The van der Waals surface area contributed by atoms with Crippen LogP contribution in [-0.4, -0.2) is 24.0 Å². The van der Waals surface area contributed by atoms with Crippen LogP contribution < -0.4 is 5.73 Å². The monoisotopic (exact) mass is 276 g/mol. The first-order chi connectivity index (χ1) is 8.20. The maximum Gasteiger partial charge on any atom is 0.130 e. The second-order valence-electron chi connectivity index (χ2n) is 4.59. The van der Waals surface area contributed by atoms with Crippen LogP contribution in [0.1, 0.15) is 24.8 Å². The van der Waals surface area contributed by atoms with Gasteiger partial charge in [-0.1, -0.05) is 12.5 Å². The summed E-state index contributed by atoms with van der Waals surface area (Å²) in [5, 5.41) is 0. The van der Waals surface area contributed by atoms with E-state index in [9.17, 15) is 8.78 Å². The van der Waals surface area contributed by atoms with Crippen molar-refractivity contribution >= 4 is 12.4 Å². The summed E-state index contributed by atoms with van der Waals surface area (Å²) in [6.07, 6.45) is 3.38. The van der Waals surface area contributed by atoms with Crippen LogP contribution in [0.3, 0.4) is 0 Å². The lowest BCUT2D eigenvalue weighted by Gasteiger charge is -2.35. The van der Waals surface area contributed by atoms with Crippen LogP contribution >= 0.6 is 12.4 Å². The van der Waals surface area contributed by atoms with Crippen LogP contribution in [0.15, 0.2) is 18.2 Å². The SMILES string of the molecule is Cl.NCC1CCCCN1Cc1ccc(F)cc1F.